The molecule has 2 rings (SSSR count). The molecule has 1 aromatic rings. The van der Waals surface area contributed by atoms with Gasteiger partial charge in [-0.1, -0.05) is 23.7 Å². The van der Waals surface area contributed by atoms with Crippen molar-refractivity contribution in [1.29, 1.82) is 0 Å². The van der Waals surface area contributed by atoms with Gasteiger partial charge in [0.2, 0.25) is 0 Å². The van der Waals surface area contributed by atoms with E-state index in [4.69, 9.17) is 11.6 Å². The number of halogens is 2. The van der Waals surface area contributed by atoms with E-state index in [0.717, 1.165) is 0 Å². The third-order valence-electron chi connectivity index (χ3n) is 2.74. The summed E-state index contributed by atoms with van der Waals surface area (Å²) in [6, 6.07) is 5.11. The molecular formula is C11H13ClFN. The van der Waals surface area contributed by atoms with Crippen molar-refractivity contribution in [3.05, 3.63) is 34.6 Å². The van der Waals surface area contributed by atoms with E-state index in [0.29, 0.717) is 12.1 Å². The summed E-state index contributed by atoms with van der Waals surface area (Å²) in [7, 11) is 0. The van der Waals surface area contributed by atoms with Gasteiger partial charge in [-0.05, 0) is 25.8 Å². The predicted molar refractivity (Wildman–Crippen MR) is 55.9 cm³/mol. The molecular weight excluding hydrogens is 201 g/mol. The van der Waals surface area contributed by atoms with Gasteiger partial charge in [-0.25, -0.2) is 4.39 Å². The number of nitrogens with one attached hydrogen (secondary N) is 1. The normalized spacial score (nSPS) is 18.2. The van der Waals surface area contributed by atoms with E-state index >= 15 is 0 Å². The Kier molecular flexibility index (Phi) is 2.50. The molecule has 1 aliphatic carbocycles. The van der Waals surface area contributed by atoms with Gasteiger partial charge in [0.1, 0.15) is 5.82 Å². The average Bonchev–Trinajstić information content (AvgIpc) is 2.88. The minimum Gasteiger partial charge on any atom is -0.307 e. The van der Waals surface area contributed by atoms with Crippen molar-refractivity contribution >= 4 is 11.6 Å². The molecule has 1 aromatic carbocycles. The largest absolute Gasteiger partial charge is 0.307 e. The molecule has 76 valence electrons. The molecule has 1 fully saturated rings. The molecule has 0 amide bonds. The van der Waals surface area contributed by atoms with Crippen LogP contribution >= 0.6 is 11.6 Å². The van der Waals surface area contributed by atoms with Crippen LogP contribution in [0.3, 0.4) is 0 Å². The maximum Gasteiger partial charge on any atom is 0.146 e. The van der Waals surface area contributed by atoms with E-state index in [1.807, 2.05) is 0 Å². The van der Waals surface area contributed by atoms with Crippen molar-refractivity contribution < 1.29 is 4.39 Å². The van der Waals surface area contributed by atoms with E-state index in [-0.39, 0.29) is 16.4 Å². The first-order valence-electron chi connectivity index (χ1n) is 4.79. The molecule has 14 heavy (non-hydrogen) atoms. The van der Waals surface area contributed by atoms with Crippen molar-refractivity contribution in [2.45, 2.75) is 31.8 Å². The second-order valence-electron chi connectivity index (χ2n) is 4.13. The topological polar surface area (TPSA) is 12.0 Å². The third kappa shape index (κ3) is 2.07. The number of hydrogen-bond donors (Lipinski definition) is 1. The summed E-state index contributed by atoms with van der Waals surface area (Å²) in [4.78, 5) is 0. The van der Waals surface area contributed by atoms with E-state index in [2.05, 4.69) is 12.2 Å². The first-order chi connectivity index (χ1) is 6.61. The molecule has 1 aliphatic rings. The average molecular weight is 214 g/mol. The smallest absolute Gasteiger partial charge is 0.146 e. The molecule has 0 heterocycles. The number of rotatable bonds is 3. The third-order valence-corrected chi connectivity index (χ3v) is 3.03. The summed E-state index contributed by atoms with van der Waals surface area (Å²) in [5, 5.41) is 3.52. The number of hydrogen-bond acceptors (Lipinski definition) is 1. The van der Waals surface area contributed by atoms with Gasteiger partial charge in [0.15, 0.2) is 0 Å². The summed E-state index contributed by atoms with van der Waals surface area (Å²) in [5.41, 5.74) is 0.875. The Bertz CT molecular complexity index is 347. The lowest BCUT2D eigenvalue weighted by Gasteiger charge is -2.11. The highest BCUT2D eigenvalue weighted by Crippen LogP contribution is 2.34. The Morgan fingerprint density at radius 2 is 2.21 bits per heavy atom. The molecule has 0 unspecified atom stereocenters. The van der Waals surface area contributed by atoms with Crippen LogP contribution in [0.15, 0.2) is 18.2 Å². The van der Waals surface area contributed by atoms with Gasteiger partial charge in [-0.15, -0.1) is 0 Å². The Hall–Kier alpha value is -0.600. The highest BCUT2D eigenvalue weighted by Gasteiger charge is 2.36. The molecule has 0 radical (unpaired) electrons. The monoisotopic (exact) mass is 213 g/mol. The molecule has 0 saturated heterocycles. The quantitative estimate of drug-likeness (QED) is 0.814. The van der Waals surface area contributed by atoms with E-state index in [9.17, 15) is 4.39 Å². The fourth-order valence-electron chi connectivity index (χ4n) is 1.36. The van der Waals surface area contributed by atoms with Gasteiger partial charge < -0.3 is 5.32 Å². The second kappa shape index (κ2) is 3.52. The van der Waals surface area contributed by atoms with Gasteiger partial charge in [0.25, 0.3) is 0 Å². The molecule has 0 bridgehead atoms. The molecule has 0 aromatic heterocycles. The molecule has 1 saturated carbocycles. The van der Waals surface area contributed by atoms with Crippen LogP contribution in [0.2, 0.25) is 5.02 Å². The van der Waals surface area contributed by atoms with Crippen LogP contribution < -0.4 is 5.32 Å². The minimum atomic E-state index is -0.300. The van der Waals surface area contributed by atoms with Crippen LogP contribution in [0.25, 0.3) is 0 Å². The van der Waals surface area contributed by atoms with Crippen LogP contribution in [0.5, 0.6) is 0 Å². The van der Waals surface area contributed by atoms with Crippen LogP contribution in [-0.2, 0) is 6.54 Å². The zero-order valence-corrected chi connectivity index (χ0v) is 8.87. The summed E-state index contributed by atoms with van der Waals surface area (Å²) in [6.07, 6.45) is 2.35. The lowest BCUT2D eigenvalue weighted by molar-refractivity contribution is 0.518. The fraction of sp³-hybridized carbons (Fsp3) is 0.455. The number of benzene rings is 1. The van der Waals surface area contributed by atoms with Crippen LogP contribution in [0.4, 0.5) is 4.39 Å². The molecule has 1 nitrogen and oxygen atoms in total. The van der Waals surface area contributed by atoms with E-state index in [1.54, 1.807) is 18.2 Å². The van der Waals surface area contributed by atoms with Crippen molar-refractivity contribution in [3.8, 4) is 0 Å². The van der Waals surface area contributed by atoms with E-state index in [1.165, 1.54) is 12.8 Å². The Labute approximate surface area is 88.3 Å². The molecule has 0 spiro atoms. The van der Waals surface area contributed by atoms with Gasteiger partial charge in [0.05, 0.1) is 5.02 Å². The molecule has 3 heteroatoms. The van der Waals surface area contributed by atoms with Crippen molar-refractivity contribution in [1.82, 2.24) is 5.32 Å². The Morgan fingerprint density at radius 1 is 1.50 bits per heavy atom. The summed E-state index contributed by atoms with van der Waals surface area (Å²) in [5.74, 6) is -0.300. The first kappa shape index (κ1) is 9.94. The second-order valence-corrected chi connectivity index (χ2v) is 4.53. The van der Waals surface area contributed by atoms with Crippen molar-refractivity contribution in [3.63, 3.8) is 0 Å². The summed E-state index contributed by atoms with van der Waals surface area (Å²) >= 11 is 5.68. The predicted octanol–water partition coefficient (Wildman–Crippen LogP) is 3.12. The van der Waals surface area contributed by atoms with Crippen LogP contribution in [-0.4, -0.2) is 5.54 Å². The molecule has 1 N–H and O–H groups in total. The van der Waals surface area contributed by atoms with Gasteiger partial charge >= 0.3 is 0 Å². The van der Waals surface area contributed by atoms with Crippen molar-refractivity contribution in [2.75, 3.05) is 0 Å². The SMILES string of the molecule is CC1(NCc2cccc(Cl)c2F)CC1. The summed E-state index contributed by atoms with van der Waals surface area (Å²) in [6.45, 7) is 2.71. The summed E-state index contributed by atoms with van der Waals surface area (Å²) < 4.78 is 13.4. The fourth-order valence-corrected chi connectivity index (χ4v) is 1.55. The molecule has 0 aliphatic heterocycles. The van der Waals surface area contributed by atoms with Gasteiger partial charge in [-0.2, -0.15) is 0 Å². The zero-order chi connectivity index (χ0) is 10.2. The standard InChI is InChI=1S/C11H13ClFN/c1-11(5-6-11)14-7-8-3-2-4-9(12)10(8)13/h2-4,14H,5-7H2,1H3. The zero-order valence-electron chi connectivity index (χ0n) is 8.11. The molecule has 0 atom stereocenters. The lowest BCUT2D eigenvalue weighted by Crippen LogP contribution is -2.27. The van der Waals surface area contributed by atoms with Crippen LogP contribution in [0.1, 0.15) is 25.3 Å². The van der Waals surface area contributed by atoms with Gasteiger partial charge in [-0.3, -0.25) is 0 Å². The van der Waals surface area contributed by atoms with E-state index < -0.39 is 0 Å². The maximum atomic E-state index is 13.4. The Balaban J connectivity index is 2.05. The Morgan fingerprint density at radius 3 is 2.86 bits per heavy atom. The highest BCUT2D eigenvalue weighted by molar-refractivity contribution is 6.30. The maximum absolute atomic E-state index is 13.4. The first-order valence-corrected chi connectivity index (χ1v) is 5.16. The van der Waals surface area contributed by atoms with Crippen molar-refractivity contribution in [2.24, 2.45) is 0 Å². The minimum absolute atomic E-state index is 0.199. The van der Waals surface area contributed by atoms with Crippen LogP contribution in [0, 0.1) is 5.82 Å². The highest BCUT2D eigenvalue weighted by atomic mass is 35.5. The lowest BCUT2D eigenvalue weighted by atomic mass is 10.2. The van der Waals surface area contributed by atoms with Gasteiger partial charge in [0, 0.05) is 17.6 Å².